The van der Waals surface area contributed by atoms with E-state index in [2.05, 4.69) is 37.3 Å². The molecule has 2 amide bonds. The Hall–Kier alpha value is -2.94. The number of benzene rings is 1. The third-order valence-electron chi connectivity index (χ3n) is 4.60. The van der Waals surface area contributed by atoms with E-state index >= 15 is 0 Å². The molecule has 1 N–H and O–H groups in total. The zero-order valence-corrected chi connectivity index (χ0v) is 16.1. The SMILES string of the molecule is CN(C)c1ncnc2ccc(N3CCN(C(=O)Nc4nccs4)CC3)cc12. The Morgan fingerprint density at radius 2 is 1.96 bits per heavy atom. The van der Waals surface area contributed by atoms with Crippen LogP contribution in [0.15, 0.2) is 36.1 Å². The minimum Gasteiger partial charge on any atom is -0.368 e. The van der Waals surface area contributed by atoms with Gasteiger partial charge in [-0.25, -0.2) is 19.7 Å². The Kier molecular flexibility index (Phi) is 4.76. The van der Waals surface area contributed by atoms with Crippen LogP contribution in [-0.2, 0) is 0 Å². The highest BCUT2D eigenvalue weighted by Gasteiger charge is 2.22. The summed E-state index contributed by atoms with van der Waals surface area (Å²) in [4.78, 5) is 31.3. The molecule has 0 bridgehead atoms. The van der Waals surface area contributed by atoms with Gasteiger partial charge in [-0.3, -0.25) is 5.32 Å². The predicted octanol–water partition coefficient (Wildman–Crippen LogP) is 2.51. The summed E-state index contributed by atoms with van der Waals surface area (Å²) in [6, 6.07) is 6.16. The van der Waals surface area contributed by atoms with Crippen molar-refractivity contribution in [1.29, 1.82) is 0 Å². The van der Waals surface area contributed by atoms with E-state index in [4.69, 9.17) is 0 Å². The van der Waals surface area contributed by atoms with Crippen LogP contribution >= 0.6 is 11.3 Å². The number of amides is 2. The fourth-order valence-electron chi connectivity index (χ4n) is 3.21. The van der Waals surface area contributed by atoms with Crippen LogP contribution in [0.3, 0.4) is 0 Å². The number of hydrogen-bond acceptors (Lipinski definition) is 7. The summed E-state index contributed by atoms with van der Waals surface area (Å²) in [6.07, 6.45) is 3.28. The van der Waals surface area contributed by atoms with Crippen molar-refractivity contribution in [2.75, 3.05) is 55.4 Å². The van der Waals surface area contributed by atoms with Gasteiger partial charge in [-0.05, 0) is 18.2 Å². The molecule has 0 radical (unpaired) electrons. The lowest BCUT2D eigenvalue weighted by atomic mass is 10.1. The van der Waals surface area contributed by atoms with Gasteiger partial charge in [-0.15, -0.1) is 11.3 Å². The van der Waals surface area contributed by atoms with E-state index in [-0.39, 0.29) is 6.03 Å². The van der Waals surface area contributed by atoms with E-state index in [0.717, 1.165) is 35.5 Å². The molecule has 0 aliphatic carbocycles. The van der Waals surface area contributed by atoms with Crippen molar-refractivity contribution < 1.29 is 4.79 Å². The number of hydrogen-bond donors (Lipinski definition) is 1. The molecule has 0 atom stereocenters. The largest absolute Gasteiger partial charge is 0.368 e. The van der Waals surface area contributed by atoms with Gasteiger partial charge in [-0.2, -0.15) is 0 Å². The van der Waals surface area contributed by atoms with E-state index in [0.29, 0.717) is 18.2 Å². The number of piperazine rings is 1. The summed E-state index contributed by atoms with van der Waals surface area (Å²) < 4.78 is 0. The Morgan fingerprint density at radius 1 is 1.15 bits per heavy atom. The first kappa shape index (κ1) is 17.5. The van der Waals surface area contributed by atoms with E-state index < -0.39 is 0 Å². The van der Waals surface area contributed by atoms with Crippen molar-refractivity contribution in [3.05, 3.63) is 36.1 Å². The molecule has 140 valence electrons. The summed E-state index contributed by atoms with van der Waals surface area (Å²) in [5.74, 6) is 0.906. The first-order valence-corrected chi connectivity index (χ1v) is 9.62. The van der Waals surface area contributed by atoms with Crippen molar-refractivity contribution in [1.82, 2.24) is 19.9 Å². The highest BCUT2D eigenvalue weighted by molar-refractivity contribution is 7.13. The highest BCUT2D eigenvalue weighted by Crippen LogP contribution is 2.27. The summed E-state index contributed by atoms with van der Waals surface area (Å²) in [5.41, 5.74) is 2.05. The molecular formula is C18H21N7OS. The molecule has 1 aromatic carbocycles. The molecule has 1 saturated heterocycles. The van der Waals surface area contributed by atoms with Gasteiger partial charge < -0.3 is 14.7 Å². The Bertz CT molecular complexity index is 936. The smallest absolute Gasteiger partial charge is 0.323 e. The molecule has 0 spiro atoms. The molecule has 1 fully saturated rings. The number of urea groups is 1. The van der Waals surface area contributed by atoms with Crippen LogP contribution in [0.25, 0.3) is 10.9 Å². The molecule has 27 heavy (non-hydrogen) atoms. The molecule has 3 aromatic rings. The average Bonchev–Trinajstić information content (AvgIpc) is 3.20. The second-order valence-corrected chi connectivity index (χ2v) is 7.43. The van der Waals surface area contributed by atoms with Gasteiger partial charge in [0.25, 0.3) is 0 Å². The molecule has 4 rings (SSSR count). The van der Waals surface area contributed by atoms with Gasteiger partial charge in [0.1, 0.15) is 12.1 Å². The van der Waals surface area contributed by atoms with Gasteiger partial charge in [0.15, 0.2) is 5.13 Å². The lowest BCUT2D eigenvalue weighted by molar-refractivity contribution is 0.208. The molecule has 2 aromatic heterocycles. The standard InChI is InChI=1S/C18H21N7OS/c1-23(2)16-14-11-13(3-4-15(14)20-12-21-16)24-6-8-25(9-7-24)18(26)22-17-19-5-10-27-17/h3-5,10-12H,6-9H2,1-2H3,(H,19,22,26). The predicted molar refractivity (Wildman–Crippen MR) is 109 cm³/mol. The molecule has 3 heterocycles. The topological polar surface area (TPSA) is 77.5 Å². The molecule has 1 aliphatic heterocycles. The Labute approximate surface area is 161 Å². The summed E-state index contributed by atoms with van der Waals surface area (Å²) in [5, 5.41) is 6.35. The van der Waals surface area contributed by atoms with Gasteiger partial charge in [0.05, 0.1) is 5.52 Å². The van der Waals surface area contributed by atoms with Crippen molar-refractivity contribution in [2.24, 2.45) is 0 Å². The van der Waals surface area contributed by atoms with Crippen LogP contribution in [-0.4, -0.2) is 66.2 Å². The number of anilines is 3. The fourth-order valence-corrected chi connectivity index (χ4v) is 3.73. The van der Waals surface area contributed by atoms with E-state index in [9.17, 15) is 4.79 Å². The zero-order chi connectivity index (χ0) is 18.8. The maximum atomic E-state index is 12.3. The number of carbonyl (C=O) groups excluding carboxylic acids is 1. The zero-order valence-electron chi connectivity index (χ0n) is 15.3. The van der Waals surface area contributed by atoms with Gasteiger partial charge in [0, 0.05) is 62.9 Å². The fraction of sp³-hybridized carbons (Fsp3) is 0.333. The van der Waals surface area contributed by atoms with Crippen molar-refractivity contribution in [3.63, 3.8) is 0 Å². The van der Waals surface area contributed by atoms with Crippen molar-refractivity contribution in [2.45, 2.75) is 0 Å². The van der Waals surface area contributed by atoms with Crippen molar-refractivity contribution >= 4 is 44.9 Å². The van der Waals surface area contributed by atoms with Crippen LogP contribution < -0.4 is 15.1 Å². The highest BCUT2D eigenvalue weighted by atomic mass is 32.1. The average molecular weight is 383 g/mol. The maximum Gasteiger partial charge on any atom is 0.323 e. The molecule has 0 saturated carbocycles. The normalized spacial score (nSPS) is 14.4. The Balaban J connectivity index is 1.46. The van der Waals surface area contributed by atoms with Gasteiger partial charge >= 0.3 is 6.03 Å². The summed E-state index contributed by atoms with van der Waals surface area (Å²) in [7, 11) is 3.96. The monoisotopic (exact) mass is 383 g/mol. The third kappa shape index (κ3) is 3.63. The van der Waals surface area contributed by atoms with Crippen LogP contribution in [0.1, 0.15) is 0 Å². The van der Waals surface area contributed by atoms with Gasteiger partial charge in [0.2, 0.25) is 0 Å². The van der Waals surface area contributed by atoms with Crippen LogP contribution in [0.4, 0.5) is 21.4 Å². The molecule has 0 unspecified atom stereocenters. The maximum absolute atomic E-state index is 12.3. The van der Waals surface area contributed by atoms with E-state index in [1.807, 2.05) is 35.3 Å². The molecular weight excluding hydrogens is 362 g/mol. The first-order chi connectivity index (χ1) is 13.1. The number of carbonyl (C=O) groups is 1. The minimum absolute atomic E-state index is 0.0913. The molecule has 9 heteroatoms. The van der Waals surface area contributed by atoms with Crippen LogP contribution in [0.5, 0.6) is 0 Å². The summed E-state index contributed by atoms with van der Waals surface area (Å²) >= 11 is 1.42. The second-order valence-electron chi connectivity index (χ2n) is 6.53. The quantitative estimate of drug-likeness (QED) is 0.749. The lowest BCUT2D eigenvalue weighted by Crippen LogP contribution is -2.50. The van der Waals surface area contributed by atoms with E-state index in [1.54, 1.807) is 12.5 Å². The number of nitrogens with one attached hydrogen (secondary N) is 1. The van der Waals surface area contributed by atoms with Gasteiger partial charge in [-0.1, -0.05) is 0 Å². The second kappa shape index (κ2) is 7.36. The number of rotatable bonds is 3. The third-order valence-corrected chi connectivity index (χ3v) is 5.29. The number of fused-ring (bicyclic) bond motifs is 1. The van der Waals surface area contributed by atoms with Crippen LogP contribution in [0, 0.1) is 0 Å². The number of aromatic nitrogens is 3. The van der Waals surface area contributed by atoms with E-state index in [1.165, 1.54) is 11.3 Å². The molecule has 8 nitrogen and oxygen atoms in total. The number of nitrogens with zero attached hydrogens (tertiary/aromatic N) is 6. The molecule has 1 aliphatic rings. The van der Waals surface area contributed by atoms with Crippen LogP contribution in [0.2, 0.25) is 0 Å². The lowest BCUT2D eigenvalue weighted by Gasteiger charge is -2.36. The first-order valence-electron chi connectivity index (χ1n) is 8.74. The van der Waals surface area contributed by atoms with Crippen molar-refractivity contribution in [3.8, 4) is 0 Å². The number of thiazole rings is 1. The minimum atomic E-state index is -0.0913. The Morgan fingerprint density at radius 3 is 2.67 bits per heavy atom. The summed E-state index contributed by atoms with van der Waals surface area (Å²) in [6.45, 7) is 2.89.